The average Bonchev–Trinajstić information content (AvgIpc) is 3.46. The minimum absolute atomic E-state index is 0.0480. The summed E-state index contributed by atoms with van der Waals surface area (Å²) in [4.78, 5) is 28.3. The number of benzene rings is 1. The number of ether oxygens (including phenoxy) is 1. The molecule has 1 heterocycles. The number of nitrogens with zero attached hydrogens (tertiary/aromatic N) is 1. The van der Waals surface area contributed by atoms with E-state index in [4.69, 9.17) is 0 Å². The Labute approximate surface area is 159 Å². The van der Waals surface area contributed by atoms with Crippen LogP contribution in [0.5, 0.6) is 5.75 Å². The number of amides is 2. The molecule has 6 nitrogen and oxygen atoms in total. The molecule has 0 saturated heterocycles. The van der Waals surface area contributed by atoms with Gasteiger partial charge in [-0.1, -0.05) is 0 Å². The minimum Gasteiger partial charge on any atom is -0.406 e. The van der Waals surface area contributed by atoms with Gasteiger partial charge >= 0.3 is 6.36 Å². The molecule has 148 valence electrons. The van der Waals surface area contributed by atoms with Crippen molar-refractivity contribution in [3.05, 3.63) is 53.7 Å². The lowest BCUT2D eigenvalue weighted by molar-refractivity contribution is -0.274. The van der Waals surface area contributed by atoms with Gasteiger partial charge in [-0.05, 0) is 61.7 Å². The topological polar surface area (TPSA) is 80.3 Å². The van der Waals surface area contributed by atoms with E-state index < -0.39 is 24.1 Å². The quantitative estimate of drug-likeness (QED) is 0.782. The molecule has 1 aromatic heterocycles. The summed E-state index contributed by atoms with van der Waals surface area (Å²) < 4.78 is 40.3. The molecule has 1 aliphatic rings. The summed E-state index contributed by atoms with van der Waals surface area (Å²) in [5.41, 5.74) is 0.921. The lowest BCUT2D eigenvalue weighted by Gasteiger charge is -2.16. The van der Waals surface area contributed by atoms with E-state index in [0.717, 1.165) is 30.5 Å². The molecule has 2 N–H and O–H groups in total. The lowest BCUT2D eigenvalue weighted by Crippen LogP contribution is -2.27. The van der Waals surface area contributed by atoms with Crippen LogP contribution >= 0.6 is 0 Å². The van der Waals surface area contributed by atoms with Crippen molar-refractivity contribution in [3.8, 4) is 5.75 Å². The summed E-state index contributed by atoms with van der Waals surface area (Å²) in [5.74, 6) is -0.466. The summed E-state index contributed by atoms with van der Waals surface area (Å²) in [6.45, 7) is 1.75. The van der Waals surface area contributed by atoms with Crippen molar-refractivity contribution in [3.63, 3.8) is 0 Å². The first-order valence-corrected chi connectivity index (χ1v) is 8.65. The molecule has 0 bridgehead atoms. The number of alkyl halides is 3. The van der Waals surface area contributed by atoms with Gasteiger partial charge in [-0.2, -0.15) is 0 Å². The molecule has 1 atom stereocenters. The van der Waals surface area contributed by atoms with Crippen LogP contribution in [0.4, 0.5) is 19.0 Å². The highest BCUT2D eigenvalue weighted by Crippen LogP contribution is 2.30. The fourth-order valence-electron chi connectivity index (χ4n) is 2.53. The third-order valence-corrected chi connectivity index (χ3v) is 4.18. The number of halogens is 3. The Balaban J connectivity index is 1.61. The van der Waals surface area contributed by atoms with Crippen molar-refractivity contribution < 1.29 is 27.5 Å². The zero-order valence-electron chi connectivity index (χ0n) is 14.9. The number of rotatable bonds is 6. The molecule has 0 spiro atoms. The average molecular weight is 393 g/mol. The number of hydrogen-bond donors (Lipinski definition) is 2. The summed E-state index contributed by atoms with van der Waals surface area (Å²) in [6, 6.07) is 7.62. The van der Waals surface area contributed by atoms with Crippen LogP contribution in [-0.4, -0.2) is 23.2 Å². The van der Waals surface area contributed by atoms with E-state index >= 15 is 0 Å². The number of hydrogen-bond acceptors (Lipinski definition) is 4. The number of pyridine rings is 1. The fourth-order valence-corrected chi connectivity index (χ4v) is 2.53. The van der Waals surface area contributed by atoms with Crippen molar-refractivity contribution in [2.24, 2.45) is 5.92 Å². The summed E-state index contributed by atoms with van der Waals surface area (Å²) >= 11 is 0. The number of carbonyl (C=O) groups is 2. The van der Waals surface area contributed by atoms with E-state index in [0.29, 0.717) is 5.82 Å². The Kier molecular flexibility index (Phi) is 5.53. The first kappa shape index (κ1) is 19.7. The van der Waals surface area contributed by atoms with E-state index in [1.807, 2.05) is 0 Å². The Morgan fingerprint density at radius 3 is 2.46 bits per heavy atom. The third kappa shape index (κ3) is 5.45. The highest BCUT2D eigenvalue weighted by molar-refractivity contribution is 5.95. The standard InChI is InChI=1S/C19H18F3N3O3/c1-11(14-8-9-23-16(10-14)25-18(27)12-2-3-12)24-17(26)13-4-6-15(7-5-13)28-19(20,21)22/h4-12H,2-3H2,1H3,(H,24,26)(H,23,25,27). The first-order chi connectivity index (χ1) is 13.2. The van der Waals surface area contributed by atoms with Crippen LogP contribution in [0.1, 0.15) is 41.7 Å². The first-order valence-electron chi connectivity index (χ1n) is 8.65. The van der Waals surface area contributed by atoms with Crippen molar-refractivity contribution in [1.82, 2.24) is 10.3 Å². The zero-order valence-corrected chi connectivity index (χ0v) is 14.9. The predicted molar refractivity (Wildman–Crippen MR) is 94.6 cm³/mol. The molecule has 28 heavy (non-hydrogen) atoms. The summed E-state index contributed by atoms with van der Waals surface area (Å²) in [5, 5.41) is 5.49. The summed E-state index contributed by atoms with van der Waals surface area (Å²) in [6.07, 6.45) is -1.49. The van der Waals surface area contributed by atoms with Gasteiger partial charge in [0.15, 0.2) is 0 Å². The number of aromatic nitrogens is 1. The number of nitrogens with one attached hydrogen (secondary N) is 2. The number of carbonyl (C=O) groups excluding carboxylic acids is 2. The molecule has 1 aromatic carbocycles. The van der Waals surface area contributed by atoms with Gasteiger partial charge in [0, 0.05) is 17.7 Å². The molecule has 9 heteroatoms. The number of anilines is 1. The van der Waals surface area contributed by atoms with Gasteiger partial charge in [0.1, 0.15) is 11.6 Å². The highest BCUT2D eigenvalue weighted by atomic mass is 19.4. The molecule has 2 aromatic rings. The van der Waals surface area contributed by atoms with Crippen molar-refractivity contribution in [1.29, 1.82) is 0 Å². The lowest BCUT2D eigenvalue weighted by atomic mass is 10.1. The Hall–Kier alpha value is -3.10. The second-order valence-electron chi connectivity index (χ2n) is 6.51. The molecule has 1 fully saturated rings. The van der Waals surface area contributed by atoms with Gasteiger partial charge in [-0.3, -0.25) is 9.59 Å². The van der Waals surface area contributed by atoms with Crippen LogP contribution < -0.4 is 15.4 Å². The van der Waals surface area contributed by atoms with Crippen LogP contribution in [0.15, 0.2) is 42.6 Å². The third-order valence-electron chi connectivity index (χ3n) is 4.18. The molecule has 1 unspecified atom stereocenters. The molecule has 0 aliphatic heterocycles. The van der Waals surface area contributed by atoms with Crippen LogP contribution in [0.3, 0.4) is 0 Å². The van der Waals surface area contributed by atoms with Crippen molar-refractivity contribution in [2.75, 3.05) is 5.32 Å². The van der Waals surface area contributed by atoms with Gasteiger partial charge in [-0.25, -0.2) is 4.98 Å². The van der Waals surface area contributed by atoms with Gasteiger partial charge in [0.2, 0.25) is 5.91 Å². The van der Waals surface area contributed by atoms with Gasteiger partial charge in [-0.15, -0.1) is 13.2 Å². The smallest absolute Gasteiger partial charge is 0.406 e. The van der Waals surface area contributed by atoms with E-state index in [1.165, 1.54) is 18.3 Å². The van der Waals surface area contributed by atoms with E-state index in [2.05, 4.69) is 20.4 Å². The zero-order chi connectivity index (χ0) is 20.3. The van der Waals surface area contributed by atoms with E-state index in [1.54, 1.807) is 19.1 Å². The van der Waals surface area contributed by atoms with Crippen LogP contribution in [0.2, 0.25) is 0 Å². The van der Waals surface area contributed by atoms with E-state index in [-0.39, 0.29) is 17.4 Å². The van der Waals surface area contributed by atoms with E-state index in [9.17, 15) is 22.8 Å². The van der Waals surface area contributed by atoms with Crippen LogP contribution in [0, 0.1) is 5.92 Å². The second-order valence-corrected chi connectivity index (χ2v) is 6.51. The minimum atomic E-state index is -4.79. The molecular weight excluding hydrogens is 375 g/mol. The maximum atomic E-state index is 12.3. The summed E-state index contributed by atoms with van der Waals surface area (Å²) in [7, 11) is 0. The molecule has 0 radical (unpaired) electrons. The SMILES string of the molecule is CC(NC(=O)c1ccc(OC(F)(F)F)cc1)c1ccnc(NC(=O)C2CC2)c1. The molecule has 1 aliphatic carbocycles. The van der Waals surface area contributed by atoms with Crippen molar-refractivity contribution in [2.45, 2.75) is 32.2 Å². The fraction of sp³-hybridized carbons (Fsp3) is 0.316. The van der Waals surface area contributed by atoms with Crippen LogP contribution in [-0.2, 0) is 4.79 Å². The highest BCUT2D eigenvalue weighted by Gasteiger charge is 2.31. The largest absolute Gasteiger partial charge is 0.573 e. The van der Waals surface area contributed by atoms with Crippen molar-refractivity contribution >= 4 is 17.6 Å². The van der Waals surface area contributed by atoms with Gasteiger partial charge in [0.05, 0.1) is 6.04 Å². The molecular formula is C19H18F3N3O3. The Morgan fingerprint density at radius 2 is 1.86 bits per heavy atom. The second kappa shape index (κ2) is 7.87. The maximum Gasteiger partial charge on any atom is 0.573 e. The van der Waals surface area contributed by atoms with Crippen LogP contribution in [0.25, 0.3) is 0 Å². The molecule has 3 rings (SSSR count). The molecule has 2 amide bonds. The monoisotopic (exact) mass is 393 g/mol. The Morgan fingerprint density at radius 1 is 1.18 bits per heavy atom. The molecule has 1 saturated carbocycles. The Bertz CT molecular complexity index is 865. The maximum absolute atomic E-state index is 12.3. The predicted octanol–water partition coefficient (Wildman–Crippen LogP) is 3.82. The normalized spacial score (nSPS) is 14.9. The van der Waals surface area contributed by atoms with Gasteiger partial charge in [0.25, 0.3) is 5.91 Å². The van der Waals surface area contributed by atoms with Gasteiger partial charge < -0.3 is 15.4 Å².